The maximum absolute atomic E-state index is 13.5. The molecule has 2 nitrogen and oxygen atoms in total. The number of aromatic carboxylic acids is 1. The molecular formula is C13H7ClF2O2S. The van der Waals surface area contributed by atoms with E-state index in [4.69, 9.17) is 16.7 Å². The highest BCUT2D eigenvalue weighted by atomic mass is 35.5. The molecule has 0 saturated heterocycles. The highest BCUT2D eigenvalue weighted by Gasteiger charge is 2.11. The Morgan fingerprint density at radius 1 is 1.11 bits per heavy atom. The van der Waals surface area contributed by atoms with Crippen molar-refractivity contribution in [1.29, 1.82) is 0 Å². The Morgan fingerprint density at radius 2 is 1.79 bits per heavy atom. The van der Waals surface area contributed by atoms with Crippen molar-refractivity contribution in [2.45, 2.75) is 9.79 Å². The van der Waals surface area contributed by atoms with Gasteiger partial charge in [0.2, 0.25) is 0 Å². The molecule has 0 aliphatic rings. The lowest BCUT2D eigenvalue weighted by Crippen LogP contribution is -1.95. The van der Waals surface area contributed by atoms with Crippen molar-refractivity contribution in [2.24, 2.45) is 0 Å². The van der Waals surface area contributed by atoms with Gasteiger partial charge >= 0.3 is 5.97 Å². The zero-order valence-electron chi connectivity index (χ0n) is 9.36. The van der Waals surface area contributed by atoms with Crippen LogP contribution in [0.25, 0.3) is 0 Å². The Balaban J connectivity index is 2.31. The zero-order valence-corrected chi connectivity index (χ0v) is 10.9. The molecule has 0 spiro atoms. The Kier molecular flexibility index (Phi) is 4.07. The van der Waals surface area contributed by atoms with Crippen molar-refractivity contribution in [3.05, 3.63) is 58.6 Å². The van der Waals surface area contributed by atoms with Gasteiger partial charge in [0.25, 0.3) is 0 Å². The molecule has 1 N–H and O–H groups in total. The highest BCUT2D eigenvalue weighted by molar-refractivity contribution is 7.99. The second-order valence-electron chi connectivity index (χ2n) is 3.63. The van der Waals surface area contributed by atoms with Gasteiger partial charge in [-0.05, 0) is 30.3 Å². The molecular weight excluding hydrogens is 294 g/mol. The zero-order chi connectivity index (χ0) is 14.0. The molecule has 0 bridgehead atoms. The molecule has 0 heterocycles. The van der Waals surface area contributed by atoms with E-state index in [0.29, 0.717) is 4.90 Å². The van der Waals surface area contributed by atoms with Crippen LogP contribution in [0.3, 0.4) is 0 Å². The molecule has 0 fully saturated rings. The summed E-state index contributed by atoms with van der Waals surface area (Å²) >= 11 is 6.93. The van der Waals surface area contributed by atoms with E-state index in [2.05, 4.69) is 0 Å². The molecule has 0 aliphatic carbocycles. The molecule has 2 rings (SSSR count). The summed E-state index contributed by atoms with van der Waals surface area (Å²) < 4.78 is 26.2. The topological polar surface area (TPSA) is 37.3 Å². The van der Waals surface area contributed by atoms with Crippen molar-refractivity contribution < 1.29 is 18.7 Å². The van der Waals surface area contributed by atoms with Gasteiger partial charge < -0.3 is 5.11 Å². The fraction of sp³-hybridized carbons (Fsp3) is 0. The largest absolute Gasteiger partial charge is 0.478 e. The maximum Gasteiger partial charge on any atom is 0.335 e. The molecule has 0 atom stereocenters. The van der Waals surface area contributed by atoms with Crippen LogP contribution in [0, 0.1) is 11.6 Å². The third-order valence-corrected chi connectivity index (χ3v) is 3.84. The van der Waals surface area contributed by atoms with Crippen LogP contribution in [0.5, 0.6) is 0 Å². The van der Waals surface area contributed by atoms with Gasteiger partial charge in [-0.2, -0.15) is 0 Å². The lowest BCUT2D eigenvalue weighted by molar-refractivity contribution is 0.0697. The molecule has 2 aromatic carbocycles. The first kappa shape index (κ1) is 13.8. The molecule has 0 saturated carbocycles. The molecule has 0 unspecified atom stereocenters. The van der Waals surface area contributed by atoms with Crippen molar-refractivity contribution in [2.75, 3.05) is 0 Å². The van der Waals surface area contributed by atoms with E-state index in [-0.39, 0.29) is 15.5 Å². The third kappa shape index (κ3) is 3.24. The molecule has 19 heavy (non-hydrogen) atoms. The normalized spacial score (nSPS) is 10.5. The van der Waals surface area contributed by atoms with E-state index in [1.807, 2.05) is 0 Å². The number of hydrogen-bond acceptors (Lipinski definition) is 2. The van der Waals surface area contributed by atoms with E-state index in [1.165, 1.54) is 24.3 Å². The maximum atomic E-state index is 13.5. The molecule has 6 heteroatoms. The van der Waals surface area contributed by atoms with Crippen LogP contribution in [-0.4, -0.2) is 11.1 Å². The second kappa shape index (κ2) is 5.59. The van der Waals surface area contributed by atoms with Gasteiger partial charge in [0, 0.05) is 15.9 Å². The van der Waals surface area contributed by atoms with Gasteiger partial charge in [-0.15, -0.1) is 0 Å². The van der Waals surface area contributed by atoms with Crippen molar-refractivity contribution in [3.8, 4) is 0 Å². The smallest absolute Gasteiger partial charge is 0.335 e. The lowest BCUT2D eigenvalue weighted by Gasteiger charge is -2.06. The van der Waals surface area contributed by atoms with Crippen molar-refractivity contribution >= 4 is 29.3 Å². The Labute approximate surface area is 117 Å². The summed E-state index contributed by atoms with van der Waals surface area (Å²) in [6.45, 7) is 0. The second-order valence-corrected chi connectivity index (χ2v) is 5.12. The minimum atomic E-state index is -1.09. The fourth-order valence-electron chi connectivity index (χ4n) is 1.39. The van der Waals surface area contributed by atoms with Crippen molar-refractivity contribution in [3.63, 3.8) is 0 Å². The standard InChI is InChI=1S/C13H7ClF2O2S/c14-9-5-7(13(17)18)1-3-11(9)19-12-4-2-8(15)6-10(12)16/h1-6H,(H,17,18). The minimum Gasteiger partial charge on any atom is -0.478 e. The van der Waals surface area contributed by atoms with E-state index in [1.54, 1.807) is 0 Å². The summed E-state index contributed by atoms with van der Waals surface area (Å²) in [5.41, 5.74) is 0.0499. The highest BCUT2D eigenvalue weighted by Crippen LogP contribution is 2.35. The number of rotatable bonds is 3. The van der Waals surface area contributed by atoms with Crippen LogP contribution < -0.4 is 0 Å². The van der Waals surface area contributed by atoms with Crippen LogP contribution in [0.15, 0.2) is 46.2 Å². The molecule has 0 aromatic heterocycles. The predicted octanol–water partition coefficient (Wildman–Crippen LogP) is 4.47. The molecule has 98 valence electrons. The van der Waals surface area contributed by atoms with Gasteiger partial charge in [-0.3, -0.25) is 0 Å². The Hall–Kier alpha value is -1.59. The summed E-state index contributed by atoms with van der Waals surface area (Å²) in [7, 11) is 0. The quantitative estimate of drug-likeness (QED) is 0.909. The van der Waals surface area contributed by atoms with E-state index < -0.39 is 17.6 Å². The average Bonchev–Trinajstić information content (AvgIpc) is 2.34. The van der Waals surface area contributed by atoms with E-state index >= 15 is 0 Å². The molecule has 2 aromatic rings. The summed E-state index contributed by atoms with van der Waals surface area (Å²) in [5.74, 6) is -2.44. The van der Waals surface area contributed by atoms with Crippen LogP contribution in [-0.2, 0) is 0 Å². The van der Waals surface area contributed by atoms with Crippen LogP contribution in [0.2, 0.25) is 5.02 Å². The molecule has 0 aliphatic heterocycles. The number of carboxylic acids is 1. The minimum absolute atomic E-state index is 0.0499. The average molecular weight is 301 g/mol. The van der Waals surface area contributed by atoms with Crippen molar-refractivity contribution in [1.82, 2.24) is 0 Å². The first-order chi connectivity index (χ1) is 8.97. The summed E-state index contributed by atoms with van der Waals surface area (Å²) in [6.07, 6.45) is 0. The monoisotopic (exact) mass is 300 g/mol. The predicted molar refractivity (Wildman–Crippen MR) is 68.9 cm³/mol. The SMILES string of the molecule is O=C(O)c1ccc(Sc2ccc(F)cc2F)c(Cl)c1. The van der Waals surface area contributed by atoms with Crippen LogP contribution >= 0.6 is 23.4 Å². The first-order valence-corrected chi connectivity index (χ1v) is 6.32. The third-order valence-electron chi connectivity index (χ3n) is 2.29. The fourth-order valence-corrected chi connectivity index (χ4v) is 2.51. The molecule has 0 amide bonds. The number of benzene rings is 2. The van der Waals surface area contributed by atoms with Crippen LogP contribution in [0.1, 0.15) is 10.4 Å². The Morgan fingerprint density at radius 3 is 2.37 bits per heavy atom. The van der Waals surface area contributed by atoms with E-state index in [9.17, 15) is 13.6 Å². The van der Waals surface area contributed by atoms with Gasteiger partial charge in [0.15, 0.2) is 0 Å². The summed E-state index contributed by atoms with van der Waals surface area (Å²) in [5, 5.41) is 9.00. The van der Waals surface area contributed by atoms with Gasteiger partial charge in [-0.1, -0.05) is 23.4 Å². The Bertz CT molecular complexity index is 647. The first-order valence-electron chi connectivity index (χ1n) is 5.13. The number of carboxylic acid groups (broad SMARTS) is 1. The summed E-state index contributed by atoms with van der Waals surface area (Å²) in [4.78, 5) is 11.5. The molecule has 0 radical (unpaired) electrons. The number of halogens is 3. The van der Waals surface area contributed by atoms with Gasteiger partial charge in [0.1, 0.15) is 11.6 Å². The van der Waals surface area contributed by atoms with Crippen LogP contribution in [0.4, 0.5) is 8.78 Å². The summed E-state index contributed by atoms with van der Waals surface area (Å²) in [6, 6.07) is 7.37. The van der Waals surface area contributed by atoms with Gasteiger partial charge in [0.05, 0.1) is 10.6 Å². The lowest BCUT2D eigenvalue weighted by atomic mass is 10.2. The van der Waals surface area contributed by atoms with E-state index in [0.717, 1.165) is 23.9 Å². The number of carbonyl (C=O) groups is 1. The van der Waals surface area contributed by atoms with Gasteiger partial charge in [-0.25, -0.2) is 13.6 Å². The number of hydrogen-bond donors (Lipinski definition) is 1.